The van der Waals surface area contributed by atoms with Gasteiger partial charge in [-0.15, -0.1) is 0 Å². The number of fused-ring (bicyclic) bond motifs is 1. The third-order valence-electron chi connectivity index (χ3n) is 4.70. The van der Waals surface area contributed by atoms with Gasteiger partial charge in [-0.25, -0.2) is 0 Å². The second-order valence-corrected chi connectivity index (χ2v) is 6.21. The molecule has 23 heavy (non-hydrogen) atoms. The summed E-state index contributed by atoms with van der Waals surface area (Å²) in [7, 11) is 0. The number of carbonyl (C=O) groups excluding carboxylic acids is 1. The first-order valence-electron chi connectivity index (χ1n) is 8.23. The Kier molecular flexibility index (Phi) is 4.49. The Labute approximate surface area is 137 Å². The lowest BCUT2D eigenvalue weighted by Crippen LogP contribution is -2.35. The summed E-state index contributed by atoms with van der Waals surface area (Å²) in [5.41, 5.74) is 5.35. The standard InChI is InChI=1S/C20H23NO2/c1-3-19(22)21-11-10-15-8-9-16(12-17(15)13-21)20(23)18-7-5-4-6-14(18)2/h4-9,12,20,23H,3,10-11,13H2,1-2H3. The number of benzene rings is 2. The monoisotopic (exact) mass is 309 g/mol. The second-order valence-electron chi connectivity index (χ2n) is 6.21. The topological polar surface area (TPSA) is 40.5 Å². The number of hydrogen-bond donors (Lipinski definition) is 1. The lowest BCUT2D eigenvalue weighted by Gasteiger charge is -2.29. The Morgan fingerprint density at radius 3 is 2.74 bits per heavy atom. The lowest BCUT2D eigenvalue weighted by atomic mass is 9.92. The van der Waals surface area contributed by atoms with Crippen LogP contribution in [0.4, 0.5) is 0 Å². The molecule has 0 radical (unpaired) electrons. The van der Waals surface area contributed by atoms with Gasteiger partial charge < -0.3 is 10.0 Å². The number of rotatable bonds is 3. The van der Waals surface area contributed by atoms with Crippen LogP contribution in [0.2, 0.25) is 0 Å². The van der Waals surface area contributed by atoms with E-state index >= 15 is 0 Å². The van der Waals surface area contributed by atoms with Crippen LogP contribution in [0.5, 0.6) is 0 Å². The van der Waals surface area contributed by atoms with Crippen molar-refractivity contribution in [1.29, 1.82) is 0 Å². The molecule has 0 bridgehead atoms. The summed E-state index contributed by atoms with van der Waals surface area (Å²) in [6.07, 6.45) is 0.807. The summed E-state index contributed by atoms with van der Waals surface area (Å²) < 4.78 is 0. The van der Waals surface area contributed by atoms with Crippen molar-refractivity contribution in [3.8, 4) is 0 Å². The van der Waals surface area contributed by atoms with E-state index in [0.29, 0.717) is 13.0 Å². The van der Waals surface area contributed by atoms with Crippen LogP contribution in [-0.2, 0) is 17.8 Å². The molecule has 3 nitrogen and oxygen atoms in total. The molecule has 1 aliphatic rings. The second kappa shape index (κ2) is 6.55. The highest BCUT2D eigenvalue weighted by Gasteiger charge is 2.21. The number of amides is 1. The third kappa shape index (κ3) is 3.15. The van der Waals surface area contributed by atoms with Crippen LogP contribution in [0.15, 0.2) is 42.5 Å². The molecule has 1 amide bonds. The van der Waals surface area contributed by atoms with Crippen LogP contribution in [-0.4, -0.2) is 22.5 Å². The molecule has 1 unspecified atom stereocenters. The van der Waals surface area contributed by atoms with Gasteiger partial charge in [0, 0.05) is 19.5 Å². The number of aliphatic hydroxyl groups excluding tert-OH is 1. The lowest BCUT2D eigenvalue weighted by molar-refractivity contribution is -0.131. The smallest absolute Gasteiger partial charge is 0.222 e. The van der Waals surface area contributed by atoms with Crippen LogP contribution in [0, 0.1) is 6.92 Å². The number of aliphatic hydroxyl groups is 1. The first-order valence-corrected chi connectivity index (χ1v) is 8.23. The van der Waals surface area contributed by atoms with Gasteiger partial charge in [0.15, 0.2) is 0 Å². The van der Waals surface area contributed by atoms with Gasteiger partial charge in [-0.2, -0.15) is 0 Å². The van der Waals surface area contributed by atoms with Crippen LogP contribution >= 0.6 is 0 Å². The molecular weight excluding hydrogens is 286 g/mol. The average Bonchev–Trinajstić information content (AvgIpc) is 2.60. The number of aryl methyl sites for hydroxylation is 1. The Bertz CT molecular complexity index is 723. The van der Waals surface area contributed by atoms with Crippen LogP contribution in [0.25, 0.3) is 0 Å². The molecular formula is C20H23NO2. The number of carbonyl (C=O) groups is 1. The molecule has 1 aliphatic heterocycles. The first-order chi connectivity index (χ1) is 11.1. The molecule has 120 valence electrons. The van der Waals surface area contributed by atoms with Crippen molar-refractivity contribution in [3.63, 3.8) is 0 Å². The Morgan fingerprint density at radius 1 is 1.22 bits per heavy atom. The molecule has 0 aromatic heterocycles. The van der Waals surface area contributed by atoms with Gasteiger partial charge >= 0.3 is 0 Å². The summed E-state index contributed by atoms with van der Waals surface area (Å²) in [6, 6.07) is 14.1. The predicted molar refractivity (Wildman–Crippen MR) is 91.1 cm³/mol. The molecule has 1 N–H and O–H groups in total. The number of hydrogen-bond acceptors (Lipinski definition) is 2. The molecule has 0 aliphatic carbocycles. The maximum Gasteiger partial charge on any atom is 0.222 e. The molecule has 0 saturated carbocycles. The van der Waals surface area contributed by atoms with E-state index in [1.54, 1.807) is 0 Å². The predicted octanol–water partition coefficient (Wildman–Crippen LogP) is 3.37. The van der Waals surface area contributed by atoms with E-state index in [4.69, 9.17) is 0 Å². The minimum atomic E-state index is -0.626. The van der Waals surface area contributed by atoms with Crippen LogP contribution in [0.3, 0.4) is 0 Å². The van der Waals surface area contributed by atoms with E-state index < -0.39 is 6.10 Å². The van der Waals surface area contributed by atoms with Gasteiger partial charge in [-0.3, -0.25) is 4.79 Å². The van der Waals surface area contributed by atoms with E-state index in [9.17, 15) is 9.90 Å². The fraction of sp³-hybridized carbons (Fsp3) is 0.350. The van der Waals surface area contributed by atoms with Crippen molar-refractivity contribution in [3.05, 3.63) is 70.3 Å². The molecule has 0 fully saturated rings. The summed E-state index contributed by atoms with van der Waals surface area (Å²) in [5.74, 6) is 0.195. The van der Waals surface area contributed by atoms with Crippen LogP contribution < -0.4 is 0 Å². The molecule has 0 spiro atoms. The molecule has 2 aromatic rings. The molecule has 1 atom stereocenters. The normalized spacial score (nSPS) is 15.2. The van der Waals surface area contributed by atoms with Gasteiger partial charge in [0.25, 0.3) is 0 Å². The highest BCUT2D eigenvalue weighted by atomic mass is 16.3. The maximum absolute atomic E-state index is 11.9. The van der Waals surface area contributed by atoms with Crippen molar-refractivity contribution in [2.24, 2.45) is 0 Å². The van der Waals surface area contributed by atoms with Crippen molar-refractivity contribution in [2.75, 3.05) is 6.54 Å². The van der Waals surface area contributed by atoms with Gasteiger partial charge in [0.05, 0.1) is 0 Å². The van der Waals surface area contributed by atoms with E-state index in [1.165, 1.54) is 5.56 Å². The molecule has 3 heteroatoms. The summed E-state index contributed by atoms with van der Waals surface area (Å²) >= 11 is 0. The highest BCUT2D eigenvalue weighted by molar-refractivity contribution is 5.76. The molecule has 2 aromatic carbocycles. The quantitative estimate of drug-likeness (QED) is 0.944. The highest BCUT2D eigenvalue weighted by Crippen LogP contribution is 2.28. The van der Waals surface area contributed by atoms with Crippen molar-refractivity contribution in [2.45, 2.75) is 39.3 Å². The maximum atomic E-state index is 11.9. The van der Waals surface area contributed by atoms with Gasteiger partial charge in [-0.05, 0) is 41.2 Å². The fourth-order valence-electron chi connectivity index (χ4n) is 3.26. The Morgan fingerprint density at radius 2 is 2.00 bits per heavy atom. The summed E-state index contributed by atoms with van der Waals surface area (Å²) in [6.45, 7) is 5.35. The van der Waals surface area contributed by atoms with Gasteiger partial charge in [0.1, 0.15) is 6.10 Å². The zero-order valence-electron chi connectivity index (χ0n) is 13.7. The minimum absolute atomic E-state index is 0.195. The van der Waals surface area contributed by atoms with Crippen molar-refractivity contribution < 1.29 is 9.90 Å². The van der Waals surface area contributed by atoms with Crippen molar-refractivity contribution >= 4 is 5.91 Å². The van der Waals surface area contributed by atoms with E-state index in [2.05, 4.69) is 12.1 Å². The summed E-state index contributed by atoms with van der Waals surface area (Å²) in [5, 5.41) is 10.7. The largest absolute Gasteiger partial charge is 0.384 e. The van der Waals surface area contributed by atoms with E-state index in [0.717, 1.165) is 35.2 Å². The molecule has 1 heterocycles. The zero-order chi connectivity index (χ0) is 16.4. The van der Waals surface area contributed by atoms with Gasteiger partial charge in [-0.1, -0.05) is 49.4 Å². The summed E-state index contributed by atoms with van der Waals surface area (Å²) in [4.78, 5) is 13.8. The third-order valence-corrected chi connectivity index (χ3v) is 4.70. The average molecular weight is 309 g/mol. The Balaban J connectivity index is 1.89. The SMILES string of the molecule is CCC(=O)N1CCc2ccc(C(O)c3ccccc3C)cc2C1. The Hall–Kier alpha value is -2.13. The van der Waals surface area contributed by atoms with Gasteiger partial charge in [0.2, 0.25) is 5.91 Å². The minimum Gasteiger partial charge on any atom is -0.384 e. The molecule has 0 saturated heterocycles. The first kappa shape index (κ1) is 15.8. The fourth-order valence-corrected chi connectivity index (χ4v) is 3.26. The number of nitrogens with zero attached hydrogens (tertiary/aromatic N) is 1. The molecule has 3 rings (SSSR count). The zero-order valence-corrected chi connectivity index (χ0v) is 13.7. The van der Waals surface area contributed by atoms with Crippen molar-refractivity contribution in [1.82, 2.24) is 4.90 Å². The van der Waals surface area contributed by atoms with E-state index in [-0.39, 0.29) is 5.91 Å². The van der Waals surface area contributed by atoms with Crippen LogP contribution in [0.1, 0.15) is 47.3 Å². The van der Waals surface area contributed by atoms with E-state index in [1.807, 2.05) is 49.1 Å².